The van der Waals surface area contributed by atoms with E-state index in [2.05, 4.69) is 21.8 Å². The third-order valence-electron chi connectivity index (χ3n) is 5.40. The number of aromatic nitrogens is 4. The molecule has 2 heterocycles. The van der Waals surface area contributed by atoms with E-state index in [0.717, 1.165) is 29.5 Å². The molecule has 0 aliphatic heterocycles. The Morgan fingerprint density at radius 3 is 2.90 bits per heavy atom. The highest BCUT2D eigenvalue weighted by Gasteiger charge is 2.21. The highest BCUT2D eigenvalue weighted by atomic mass is 35.5. The van der Waals surface area contributed by atoms with Crippen LogP contribution < -0.4 is 10.6 Å². The van der Waals surface area contributed by atoms with Crippen LogP contribution in [0.2, 0.25) is 5.02 Å². The molecule has 0 radical (unpaired) electrons. The van der Waals surface area contributed by atoms with Crippen molar-refractivity contribution in [3.05, 3.63) is 40.7 Å². The molecule has 8 nitrogen and oxygen atoms in total. The van der Waals surface area contributed by atoms with Crippen LogP contribution >= 0.6 is 11.6 Å². The Morgan fingerprint density at radius 2 is 2.13 bits per heavy atom. The summed E-state index contributed by atoms with van der Waals surface area (Å²) in [4.78, 5) is 20.4. The minimum atomic E-state index is 0.412. The zero-order chi connectivity index (χ0) is 20.9. The van der Waals surface area contributed by atoms with Crippen molar-refractivity contribution >= 4 is 40.7 Å². The first-order chi connectivity index (χ1) is 14.7. The average Bonchev–Trinajstić information content (AvgIpc) is 3.40. The van der Waals surface area contributed by atoms with Crippen LogP contribution in [0.25, 0.3) is 11.0 Å². The summed E-state index contributed by atoms with van der Waals surface area (Å²) in [5, 5.41) is 12.2. The molecule has 1 aliphatic rings. The molecule has 9 heteroatoms. The Morgan fingerprint density at radius 1 is 1.30 bits per heavy atom. The molecular formula is C21H25ClN6O2. The van der Waals surface area contributed by atoms with Gasteiger partial charge in [0.15, 0.2) is 5.65 Å². The standard InChI is InChI=1S/C21H25ClN6O2/c1-30-9-8-23-21-25-19(11-14-10-15(22)6-7-18(14)24-13-29)17-12-28(27-20(17)26-21)16-4-2-3-5-16/h6-7,10,12-13,16H,2-5,8-9,11H2,1H3,(H,24,29)(H,23,26,27). The summed E-state index contributed by atoms with van der Waals surface area (Å²) in [5.41, 5.74) is 3.09. The lowest BCUT2D eigenvalue weighted by atomic mass is 10.1. The number of methoxy groups -OCH3 is 1. The van der Waals surface area contributed by atoms with E-state index >= 15 is 0 Å². The minimum Gasteiger partial charge on any atom is -0.383 e. The molecule has 158 valence electrons. The number of carbonyl (C=O) groups is 1. The molecule has 1 saturated carbocycles. The fourth-order valence-electron chi connectivity index (χ4n) is 3.91. The molecule has 1 amide bonds. The van der Waals surface area contributed by atoms with Crippen LogP contribution in [-0.2, 0) is 16.0 Å². The van der Waals surface area contributed by atoms with E-state index in [1.165, 1.54) is 12.8 Å². The largest absolute Gasteiger partial charge is 0.383 e. The van der Waals surface area contributed by atoms with Gasteiger partial charge in [-0.05, 0) is 36.6 Å². The van der Waals surface area contributed by atoms with Crippen molar-refractivity contribution in [1.82, 2.24) is 19.7 Å². The van der Waals surface area contributed by atoms with Crippen molar-refractivity contribution in [3.8, 4) is 0 Å². The molecule has 3 aromatic rings. The number of anilines is 2. The monoisotopic (exact) mass is 428 g/mol. The number of hydrogen-bond donors (Lipinski definition) is 2. The number of ether oxygens (including phenoxy) is 1. The van der Waals surface area contributed by atoms with E-state index in [4.69, 9.17) is 26.4 Å². The molecule has 0 saturated heterocycles. The smallest absolute Gasteiger partial charge is 0.225 e. The van der Waals surface area contributed by atoms with Gasteiger partial charge < -0.3 is 15.4 Å². The summed E-state index contributed by atoms with van der Waals surface area (Å²) in [6.07, 6.45) is 7.94. The molecule has 1 aliphatic carbocycles. The van der Waals surface area contributed by atoms with Crippen LogP contribution in [-0.4, -0.2) is 46.4 Å². The van der Waals surface area contributed by atoms with Crippen LogP contribution in [0.5, 0.6) is 0 Å². The van der Waals surface area contributed by atoms with E-state index in [0.29, 0.717) is 54.3 Å². The number of rotatable bonds is 9. The highest BCUT2D eigenvalue weighted by molar-refractivity contribution is 6.30. The third-order valence-corrected chi connectivity index (χ3v) is 5.64. The van der Waals surface area contributed by atoms with Crippen LogP contribution in [0, 0.1) is 0 Å². The summed E-state index contributed by atoms with van der Waals surface area (Å²) in [6.45, 7) is 1.15. The Hall–Kier alpha value is -2.71. The minimum absolute atomic E-state index is 0.412. The van der Waals surface area contributed by atoms with E-state index in [1.807, 2.05) is 10.7 Å². The first-order valence-corrected chi connectivity index (χ1v) is 10.5. The number of nitrogens with one attached hydrogen (secondary N) is 2. The van der Waals surface area contributed by atoms with Crippen molar-refractivity contribution in [1.29, 1.82) is 0 Å². The van der Waals surface area contributed by atoms with Gasteiger partial charge in [0.2, 0.25) is 12.4 Å². The molecule has 0 spiro atoms. The Labute approximate surface area is 180 Å². The first kappa shape index (κ1) is 20.6. The summed E-state index contributed by atoms with van der Waals surface area (Å²) >= 11 is 6.22. The molecule has 4 rings (SSSR count). The second kappa shape index (κ2) is 9.40. The van der Waals surface area contributed by atoms with Crippen LogP contribution in [0.1, 0.15) is 43.0 Å². The maximum atomic E-state index is 11.0. The SMILES string of the molecule is COCCNc1nc(Cc2cc(Cl)ccc2NC=O)c2cn(C3CCCC3)nc2n1. The van der Waals surface area contributed by atoms with Gasteiger partial charge in [0.1, 0.15) is 0 Å². The van der Waals surface area contributed by atoms with Crippen molar-refractivity contribution < 1.29 is 9.53 Å². The van der Waals surface area contributed by atoms with Gasteiger partial charge in [0.05, 0.1) is 23.7 Å². The summed E-state index contributed by atoms with van der Waals surface area (Å²) in [7, 11) is 1.65. The van der Waals surface area contributed by atoms with Crippen molar-refractivity contribution in [2.24, 2.45) is 0 Å². The zero-order valence-corrected chi connectivity index (χ0v) is 17.7. The third kappa shape index (κ3) is 4.55. The van der Waals surface area contributed by atoms with Gasteiger partial charge in [-0.15, -0.1) is 0 Å². The fourth-order valence-corrected chi connectivity index (χ4v) is 4.10. The van der Waals surface area contributed by atoms with Gasteiger partial charge in [-0.2, -0.15) is 10.1 Å². The molecule has 0 bridgehead atoms. The number of nitrogens with zero attached hydrogens (tertiary/aromatic N) is 4. The number of fused-ring (bicyclic) bond motifs is 1. The number of hydrogen-bond acceptors (Lipinski definition) is 6. The van der Waals surface area contributed by atoms with Crippen molar-refractivity contribution in [3.63, 3.8) is 0 Å². The van der Waals surface area contributed by atoms with Gasteiger partial charge in [-0.1, -0.05) is 24.4 Å². The molecule has 1 fully saturated rings. The molecule has 2 aromatic heterocycles. The van der Waals surface area contributed by atoms with Crippen LogP contribution in [0.15, 0.2) is 24.4 Å². The molecular weight excluding hydrogens is 404 g/mol. The van der Waals surface area contributed by atoms with Crippen molar-refractivity contribution in [2.75, 3.05) is 30.9 Å². The van der Waals surface area contributed by atoms with E-state index in [1.54, 1.807) is 19.2 Å². The lowest BCUT2D eigenvalue weighted by molar-refractivity contribution is -0.105. The Kier molecular flexibility index (Phi) is 6.44. The van der Waals surface area contributed by atoms with Gasteiger partial charge in [-0.25, -0.2) is 4.98 Å². The van der Waals surface area contributed by atoms with E-state index in [9.17, 15) is 4.79 Å². The molecule has 2 N–H and O–H groups in total. The second-order valence-electron chi connectivity index (χ2n) is 7.44. The second-order valence-corrected chi connectivity index (χ2v) is 7.88. The van der Waals surface area contributed by atoms with Gasteiger partial charge >= 0.3 is 0 Å². The van der Waals surface area contributed by atoms with E-state index in [-0.39, 0.29) is 0 Å². The number of carbonyl (C=O) groups excluding carboxylic acids is 1. The molecule has 0 unspecified atom stereocenters. The zero-order valence-electron chi connectivity index (χ0n) is 16.9. The van der Waals surface area contributed by atoms with Gasteiger partial charge in [0, 0.05) is 37.0 Å². The predicted octanol–water partition coefficient (Wildman–Crippen LogP) is 3.81. The average molecular weight is 429 g/mol. The lowest BCUT2D eigenvalue weighted by Crippen LogP contribution is -2.11. The maximum absolute atomic E-state index is 11.0. The molecule has 1 aromatic carbocycles. The van der Waals surface area contributed by atoms with Crippen LogP contribution in [0.4, 0.5) is 11.6 Å². The van der Waals surface area contributed by atoms with Crippen molar-refractivity contribution in [2.45, 2.75) is 38.1 Å². The molecule has 0 atom stereocenters. The fraction of sp³-hybridized carbons (Fsp3) is 0.429. The predicted molar refractivity (Wildman–Crippen MR) is 117 cm³/mol. The van der Waals surface area contributed by atoms with Gasteiger partial charge in [0.25, 0.3) is 0 Å². The topological polar surface area (TPSA) is 94.0 Å². The van der Waals surface area contributed by atoms with E-state index < -0.39 is 0 Å². The summed E-state index contributed by atoms with van der Waals surface area (Å²) in [5.74, 6) is 0.512. The maximum Gasteiger partial charge on any atom is 0.225 e. The summed E-state index contributed by atoms with van der Waals surface area (Å²) < 4.78 is 7.15. The lowest BCUT2D eigenvalue weighted by Gasteiger charge is -2.11. The Balaban J connectivity index is 1.74. The number of amides is 1. The molecule has 30 heavy (non-hydrogen) atoms. The summed E-state index contributed by atoms with van der Waals surface area (Å²) in [6, 6.07) is 5.81. The Bertz CT molecular complexity index is 1030. The quantitative estimate of drug-likeness (QED) is 0.397. The number of halogens is 1. The van der Waals surface area contributed by atoms with Gasteiger partial charge in [-0.3, -0.25) is 9.48 Å². The normalized spacial score (nSPS) is 14.3. The number of benzene rings is 1. The highest BCUT2D eigenvalue weighted by Crippen LogP contribution is 2.31. The first-order valence-electron chi connectivity index (χ1n) is 10.1. The van der Waals surface area contributed by atoms with Crippen LogP contribution in [0.3, 0.4) is 0 Å².